The summed E-state index contributed by atoms with van der Waals surface area (Å²) >= 11 is 4.76. The summed E-state index contributed by atoms with van der Waals surface area (Å²) in [5.74, 6) is 1.13. The summed E-state index contributed by atoms with van der Waals surface area (Å²) in [7, 11) is 1.94. The van der Waals surface area contributed by atoms with Crippen molar-refractivity contribution >= 4 is 39.3 Å². The number of hydrogen-bond acceptors (Lipinski definition) is 6. The zero-order valence-corrected chi connectivity index (χ0v) is 16.3. The van der Waals surface area contributed by atoms with Crippen LogP contribution in [-0.4, -0.2) is 57.6 Å². The zero-order valence-electron chi connectivity index (χ0n) is 13.9. The molecule has 2 heterocycles. The Morgan fingerprint density at radius 1 is 1.28 bits per heavy atom. The minimum Gasteiger partial charge on any atom is -0.379 e. The molecule has 1 aliphatic rings. The van der Waals surface area contributed by atoms with E-state index < -0.39 is 0 Å². The number of halogens is 1. The first kappa shape index (κ1) is 18.4. The number of aromatic nitrogens is 3. The van der Waals surface area contributed by atoms with Crippen LogP contribution in [0.15, 0.2) is 33.9 Å². The fraction of sp³-hybridized carbons (Fsp3) is 0.438. The lowest BCUT2D eigenvalue weighted by atomic mass is 10.3. The Morgan fingerprint density at radius 3 is 2.72 bits per heavy atom. The smallest absolute Gasteiger partial charge is 0.234 e. The van der Waals surface area contributed by atoms with Crippen LogP contribution in [-0.2, 0) is 23.1 Å². The molecule has 1 aromatic heterocycles. The van der Waals surface area contributed by atoms with E-state index in [1.54, 1.807) is 0 Å². The second kappa shape index (κ2) is 8.79. The number of benzene rings is 1. The van der Waals surface area contributed by atoms with Gasteiger partial charge in [-0.2, -0.15) is 0 Å². The molecular weight excluding hydrogens is 406 g/mol. The number of rotatable bonds is 6. The van der Waals surface area contributed by atoms with Crippen molar-refractivity contribution in [2.24, 2.45) is 7.05 Å². The van der Waals surface area contributed by atoms with Crippen molar-refractivity contribution in [3.63, 3.8) is 0 Å². The van der Waals surface area contributed by atoms with E-state index in [9.17, 15) is 4.79 Å². The average Bonchev–Trinajstić information content (AvgIpc) is 2.96. The maximum absolute atomic E-state index is 12.1. The van der Waals surface area contributed by atoms with Crippen LogP contribution in [0.3, 0.4) is 0 Å². The van der Waals surface area contributed by atoms with Gasteiger partial charge in [-0.3, -0.25) is 9.69 Å². The fourth-order valence-electron chi connectivity index (χ4n) is 2.43. The van der Waals surface area contributed by atoms with Crippen LogP contribution >= 0.6 is 27.7 Å². The molecule has 0 atom stereocenters. The van der Waals surface area contributed by atoms with Gasteiger partial charge in [0.15, 0.2) is 5.16 Å². The summed E-state index contributed by atoms with van der Waals surface area (Å²) in [5, 5.41) is 12.1. The van der Waals surface area contributed by atoms with Crippen molar-refractivity contribution in [1.82, 2.24) is 19.7 Å². The fourth-order valence-corrected chi connectivity index (χ4v) is 3.42. The number of amides is 1. The van der Waals surface area contributed by atoms with E-state index in [1.165, 1.54) is 11.8 Å². The lowest BCUT2D eigenvalue weighted by molar-refractivity contribution is -0.113. The summed E-state index contributed by atoms with van der Waals surface area (Å²) < 4.78 is 8.29. The Labute approximate surface area is 159 Å². The van der Waals surface area contributed by atoms with Crippen LogP contribution in [0, 0.1) is 0 Å². The molecule has 25 heavy (non-hydrogen) atoms. The van der Waals surface area contributed by atoms with E-state index in [0.29, 0.717) is 5.75 Å². The third-order valence-corrected chi connectivity index (χ3v) is 5.40. The molecule has 0 bridgehead atoms. The highest BCUT2D eigenvalue weighted by Gasteiger charge is 2.16. The predicted octanol–water partition coefficient (Wildman–Crippen LogP) is 2.14. The number of anilines is 1. The summed E-state index contributed by atoms with van der Waals surface area (Å²) in [6.07, 6.45) is 0. The molecule has 0 saturated carbocycles. The minimum atomic E-state index is -0.0648. The normalized spacial score (nSPS) is 15.3. The van der Waals surface area contributed by atoms with E-state index >= 15 is 0 Å². The first-order chi connectivity index (χ1) is 12.1. The molecule has 3 rings (SSSR count). The van der Waals surface area contributed by atoms with E-state index in [4.69, 9.17) is 4.74 Å². The number of nitrogens with one attached hydrogen (secondary N) is 1. The van der Waals surface area contributed by atoms with Crippen LogP contribution in [0.4, 0.5) is 5.69 Å². The molecule has 0 unspecified atom stereocenters. The van der Waals surface area contributed by atoms with Gasteiger partial charge in [-0.25, -0.2) is 0 Å². The quantitative estimate of drug-likeness (QED) is 0.714. The van der Waals surface area contributed by atoms with Gasteiger partial charge in [-0.05, 0) is 24.3 Å². The molecule has 1 saturated heterocycles. The summed E-state index contributed by atoms with van der Waals surface area (Å²) in [4.78, 5) is 14.4. The van der Waals surface area contributed by atoms with Gasteiger partial charge in [0.2, 0.25) is 5.91 Å². The molecule has 134 valence electrons. The largest absolute Gasteiger partial charge is 0.379 e. The number of ether oxygens (including phenoxy) is 1. The molecule has 1 aliphatic heterocycles. The highest BCUT2D eigenvalue weighted by Crippen LogP contribution is 2.18. The number of hydrogen-bond donors (Lipinski definition) is 1. The van der Waals surface area contributed by atoms with Gasteiger partial charge in [-0.1, -0.05) is 27.7 Å². The topological polar surface area (TPSA) is 72.3 Å². The molecule has 1 amide bonds. The van der Waals surface area contributed by atoms with Crippen molar-refractivity contribution in [2.75, 3.05) is 37.4 Å². The van der Waals surface area contributed by atoms with Gasteiger partial charge in [0.05, 0.1) is 25.5 Å². The summed E-state index contributed by atoms with van der Waals surface area (Å²) in [6.45, 7) is 4.08. The molecule has 0 radical (unpaired) electrons. The first-order valence-corrected chi connectivity index (χ1v) is 9.76. The Balaban J connectivity index is 1.50. The molecule has 1 aromatic carbocycles. The SMILES string of the molecule is Cn1c(CN2CCOCC2)nnc1SCC(=O)Nc1ccc(Br)cc1. The molecule has 1 fully saturated rings. The van der Waals surface area contributed by atoms with Gasteiger partial charge >= 0.3 is 0 Å². The van der Waals surface area contributed by atoms with Crippen molar-refractivity contribution in [1.29, 1.82) is 0 Å². The Hall–Kier alpha value is -1.42. The molecule has 9 heteroatoms. The minimum absolute atomic E-state index is 0.0648. The van der Waals surface area contributed by atoms with Crippen molar-refractivity contribution in [3.05, 3.63) is 34.6 Å². The molecule has 1 N–H and O–H groups in total. The second-order valence-corrected chi connectivity index (χ2v) is 7.55. The Kier molecular flexibility index (Phi) is 6.46. The Morgan fingerprint density at radius 2 is 2.00 bits per heavy atom. The molecule has 0 aliphatic carbocycles. The average molecular weight is 426 g/mol. The van der Waals surface area contributed by atoms with E-state index in [-0.39, 0.29) is 5.91 Å². The van der Waals surface area contributed by atoms with Crippen LogP contribution in [0.25, 0.3) is 0 Å². The number of carbonyl (C=O) groups is 1. The van der Waals surface area contributed by atoms with Crippen LogP contribution in [0.2, 0.25) is 0 Å². The van der Waals surface area contributed by atoms with Crippen molar-refractivity contribution in [3.8, 4) is 0 Å². The van der Waals surface area contributed by atoms with Gasteiger partial charge in [0.1, 0.15) is 5.82 Å². The molecule has 7 nitrogen and oxygen atoms in total. The van der Waals surface area contributed by atoms with Gasteiger partial charge in [0, 0.05) is 30.3 Å². The maximum Gasteiger partial charge on any atom is 0.234 e. The van der Waals surface area contributed by atoms with Crippen molar-refractivity contribution in [2.45, 2.75) is 11.7 Å². The third kappa shape index (κ3) is 5.27. The number of nitrogens with zero attached hydrogens (tertiary/aromatic N) is 4. The standard InChI is InChI=1S/C16H20BrN5O2S/c1-21-14(10-22-6-8-24-9-7-22)19-20-16(21)25-11-15(23)18-13-4-2-12(17)3-5-13/h2-5H,6-11H2,1H3,(H,18,23). The van der Waals surface area contributed by atoms with Gasteiger partial charge in [-0.15, -0.1) is 10.2 Å². The van der Waals surface area contributed by atoms with Gasteiger partial charge < -0.3 is 14.6 Å². The van der Waals surface area contributed by atoms with Crippen LogP contribution in [0.1, 0.15) is 5.82 Å². The lowest BCUT2D eigenvalue weighted by Gasteiger charge is -2.25. The number of carbonyl (C=O) groups excluding carboxylic acids is 1. The van der Waals surface area contributed by atoms with Crippen molar-refractivity contribution < 1.29 is 9.53 Å². The first-order valence-electron chi connectivity index (χ1n) is 7.98. The summed E-state index contributed by atoms with van der Waals surface area (Å²) in [6, 6.07) is 7.50. The maximum atomic E-state index is 12.1. The molecular formula is C16H20BrN5O2S. The van der Waals surface area contributed by atoms with E-state index in [1.807, 2.05) is 35.9 Å². The van der Waals surface area contributed by atoms with Crippen LogP contribution in [0.5, 0.6) is 0 Å². The molecule has 2 aromatic rings. The molecule has 0 spiro atoms. The van der Waals surface area contributed by atoms with E-state index in [0.717, 1.165) is 54.0 Å². The lowest BCUT2D eigenvalue weighted by Crippen LogP contribution is -2.36. The van der Waals surface area contributed by atoms with E-state index in [2.05, 4.69) is 36.3 Å². The monoisotopic (exact) mass is 425 g/mol. The highest BCUT2D eigenvalue weighted by atomic mass is 79.9. The highest BCUT2D eigenvalue weighted by molar-refractivity contribution is 9.10. The zero-order chi connectivity index (χ0) is 17.6. The second-order valence-electron chi connectivity index (χ2n) is 5.69. The third-order valence-electron chi connectivity index (χ3n) is 3.85. The number of morpholine rings is 1. The summed E-state index contributed by atoms with van der Waals surface area (Å²) in [5.41, 5.74) is 0.778. The van der Waals surface area contributed by atoms with Crippen LogP contribution < -0.4 is 5.32 Å². The Bertz CT molecular complexity index is 716. The predicted molar refractivity (Wildman–Crippen MR) is 101 cm³/mol. The number of thioether (sulfide) groups is 1. The van der Waals surface area contributed by atoms with Gasteiger partial charge in [0.25, 0.3) is 0 Å².